The molecule has 1 aromatic heterocycles. The van der Waals surface area contributed by atoms with E-state index in [0.717, 1.165) is 24.0 Å². The average Bonchev–Trinajstić information content (AvgIpc) is 3.15. The Kier molecular flexibility index (Phi) is 3.51. The molecule has 5 nitrogen and oxygen atoms in total. The minimum atomic E-state index is -0.763. The van der Waals surface area contributed by atoms with E-state index in [1.54, 1.807) is 4.68 Å². The van der Waals surface area contributed by atoms with Crippen molar-refractivity contribution >= 4 is 5.91 Å². The second-order valence-corrected chi connectivity index (χ2v) is 5.91. The third-order valence-corrected chi connectivity index (χ3v) is 3.86. The molecular formula is C16H20N4O. The molecular weight excluding hydrogens is 264 g/mol. The monoisotopic (exact) mass is 284 g/mol. The number of nitrogens with two attached hydrogens (primary N) is 1. The van der Waals surface area contributed by atoms with E-state index in [0.29, 0.717) is 12.6 Å². The average molecular weight is 284 g/mol. The molecule has 110 valence electrons. The normalized spacial score (nSPS) is 17.4. The molecule has 3 rings (SSSR count). The summed E-state index contributed by atoms with van der Waals surface area (Å²) in [6.45, 7) is 2.28. The highest BCUT2D eigenvalue weighted by Crippen LogP contribution is 2.24. The van der Waals surface area contributed by atoms with Gasteiger partial charge in [-0.2, -0.15) is 5.10 Å². The van der Waals surface area contributed by atoms with E-state index >= 15 is 0 Å². The van der Waals surface area contributed by atoms with Crippen LogP contribution in [-0.4, -0.2) is 27.3 Å². The van der Waals surface area contributed by atoms with Gasteiger partial charge in [0.2, 0.25) is 5.91 Å². The van der Waals surface area contributed by atoms with Gasteiger partial charge in [0.05, 0.1) is 12.7 Å². The molecule has 0 aliphatic heterocycles. The fourth-order valence-electron chi connectivity index (χ4n) is 2.43. The Morgan fingerprint density at radius 2 is 2.10 bits per heavy atom. The summed E-state index contributed by atoms with van der Waals surface area (Å²) in [6.07, 6.45) is 5.98. The van der Waals surface area contributed by atoms with Crippen LogP contribution in [0.2, 0.25) is 0 Å². The van der Waals surface area contributed by atoms with E-state index < -0.39 is 5.54 Å². The highest BCUT2D eigenvalue weighted by Gasteiger charge is 2.37. The van der Waals surface area contributed by atoms with Gasteiger partial charge in [-0.1, -0.05) is 30.3 Å². The van der Waals surface area contributed by atoms with Gasteiger partial charge in [-0.3, -0.25) is 14.8 Å². The predicted octanol–water partition coefficient (Wildman–Crippen LogP) is 1.55. The maximum Gasteiger partial charge on any atom is 0.239 e. The third kappa shape index (κ3) is 3.13. The van der Waals surface area contributed by atoms with Gasteiger partial charge in [0.25, 0.3) is 0 Å². The largest absolute Gasteiger partial charge is 0.368 e. The summed E-state index contributed by atoms with van der Waals surface area (Å²) in [5.74, 6) is -0.342. The van der Waals surface area contributed by atoms with Gasteiger partial charge in [-0.25, -0.2) is 0 Å². The first kappa shape index (κ1) is 13.8. The summed E-state index contributed by atoms with van der Waals surface area (Å²) < 4.78 is 1.78. The third-order valence-electron chi connectivity index (χ3n) is 3.86. The fraction of sp³-hybridized carbons (Fsp3) is 0.375. The van der Waals surface area contributed by atoms with Gasteiger partial charge < -0.3 is 5.73 Å². The number of rotatable bonds is 6. The van der Waals surface area contributed by atoms with Crippen molar-refractivity contribution in [3.8, 4) is 11.1 Å². The quantitative estimate of drug-likeness (QED) is 0.845. The van der Waals surface area contributed by atoms with E-state index in [-0.39, 0.29) is 5.91 Å². The van der Waals surface area contributed by atoms with Crippen LogP contribution in [0.25, 0.3) is 11.1 Å². The van der Waals surface area contributed by atoms with Crippen molar-refractivity contribution in [1.29, 1.82) is 0 Å². The second-order valence-electron chi connectivity index (χ2n) is 5.91. The number of aromatic nitrogens is 2. The van der Waals surface area contributed by atoms with Crippen molar-refractivity contribution in [2.45, 2.75) is 37.9 Å². The number of benzene rings is 1. The molecule has 5 heteroatoms. The van der Waals surface area contributed by atoms with Crippen molar-refractivity contribution in [1.82, 2.24) is 15.1 Å². The number of primary amides is 1. The highest BCUT2D eigenvalue weighted by molar-refractivity contribution is 5.84. The van der Waals surface area contributed by atoms with Crippen LogP contribution in [0, 0.1) is 0 Å². The number of nitrogens with one attached hydrogen (secondary N) is 1. The van der Waals surface area contributed by atoms with Gasteiger partial charge in [-0.05, 0) is 25.3 Å². The molecule has 1 aromatic carbocycles. The number of carbonyl (C=O) groups excluding carboxylic acids is 1. The van der Waals surface area contributed by atoms with Crippen LogP contribution in [0.4, 0.5) is 0 Å². The standard InChI is InChI=1S/C16H20N4O/c1-16(15(17)21,19-14-7-8-14)11-20-10-13(9-18-20)12-5-3-2-4-6-12/h2-6,9-10,14,19H,7-8,11H2,1H3,(H2,17,21). The number of hydrogen-bond donors (Lipinski definition) is 2. The molecule has 1 aliphatic rings. The smallest absolute Gasteiger partial charge is 0.239 e. The summed E-state index contributed by atoms with van der Waals surface area (Å²) in [5, 5.41) is 7.69. The molecule has 0 spiro atoms. The predicted molar refractivity (Wildman–Crippen MR) is 81.4 cm³/mol. The van der Waals surface area contributed by atoms with Crippen molar-refractivity contribution in [2.24, 2.45) is 5.73 Å². The molecule has 1 atom stereocenters. The van der Waals surface area contributed by atoms with Gasteiger partial charge in [0, 0.05) is 17.8 Å². The van der Waals surface area contributed by atoms with Crippen LogP contribution in [0.15, 0.2) is 42.7 Å². The number of hydrogen-bond acceptors (Lipinski definition) is 3. The molecule has 1 unspecified atom stereocenters. The summed E-state index contributed by atoms with van der Waals surface area (Å²) in [6, 6.07) is 10.5. The number of nitrogens with zero attached hydrogens (tertiary/aromatic N) is 2. The van der Waals surface area contributed by atoms with Crippen LogP contribution in [0.1, 0.15) is 19.8 Å². The van der Waals surface area contributed by atoms with Crippen LogP contribution < -0.4 is 11.1 Å². The van der Waals surface area contributed by atoms with E-state index in [2.05, 4.69) is 10.4 Å². The maximum atomic E-state index is 11.8. The zero-order valence-electron chi connectivity index (χ0n) is 12.1. The molecule has 21 heavy (non-hydrogen) atoms. The number of carbonyl (C=O) groups is 1. The zero-order valence-corrected chi connectivity index (χ0v) is 12.1. The molecule has 0 saturated heterocycles. The lowest BCUT2D eigenvalue weighted by atomic mass is 10.0. The van der Waals surface area contributed by atoms with Crippen molar-refractivity contribution < 1.29 is 4.79 Å². The van der Waals surface area contributed by atoms with E-state index in [1.165, 1.54) is 0 Å². The van der Waals surface area contributed by atoms with Gasteiger partial charge >= 0.3 is 0 Å². The van der Waals surface area contributed by atoms with E-state index in [9.17, 15) is 4.79 Å². The molecule has 1 aliphatic carbocycles. The Morgan fingerprint density at radius 3 is 2.71 bits per heavy atom. The lowest BCUT2D eigenvalue weighted by Crippen LogP contribution is -2.56. The molecule has 0 bridgehead atoms. The Morgan fingerprint density at radius 1 is 1.38 bits per heavy atom. The van der Waals surface area contributed by atoms with Crippen molar-refractivity contribution in [2.75, 3.05) is 0 Å². The SMILES string of the molecule is CC(Cn1cc(-c2ccccc2)cn1)(NC1CC1)C(N)=O. The first-order valence-corrected chi connectivity index (χ1v) is 7.22. The number of amides is 1. The maximum absolute atomic E-state index is 11.8. The second kappa shape index (κ2) is 5.33. The summed E-state index contributed by atoms with van der Waals surface area (Å²) in [4.78, 5) is 11.8. The first-order chi connectivity index (χ1) is 10.1. The Bertz CT molecular complexity index is 633. The Labute approximate surface area is 124 Å². The molecule has 1 amide bonds. The zero-order chi connectivity index (χ0) is 14.9. The molecule has 1 saturated carbocycles. The van der Waals surface area contributed by atoms with Gasteiger partial charge in [0.1, 0.15) is 5.54 Å². The van der Waals surface area contributed by atoms with Crippen LogP contribution in [-0.2, 0) is 11.3 Å². The molecule has 1 heterocycles. The minimum absolute atomic E-state index is 0.342. The highest BCUT2D eigenvalue weighted by atomic mass is 16.1. The summed E-state index contributed by atoms with van der Waals surface area (Å²) in [5.41, 5.74) is 6.95. The molecule has 0 radical (unpaired) electrons. The van der Waals surface area contributed by atoms with E-state index in [1.807, 2.05) is 49.6 Å². The fourth-order valence-corrected chi connectivity index (χ4v) is 2.43. The summed E-state index contributed by atoms with van der Waals surface area (Å²) >= 11 is 0. The Balaban J connectivity index is 1.77. The van der Waals surface area contributed by atoms with Crippen LogP contribution in [0.3, 0.4) is 0 Å². The van der Waals surface area contributed by atoms with Gasteiger partial charge in [-0.15, -0.1) is 0 Å². The topological polar surface area (TPSA) is 72.9 Å². The van der Waals surface area contributed by atoms with Crippen molar-refractivity contribution in [3.63, 3.8) is 0 Å². The molecule has 2 aromatic rings. The van der Waals surface area contributed by atoms with Crippen molar-refractivity contribution in [3.05, 3.63) is 42.7 Å². The first-order valence-electron chi connectivity index (χ1n) is 7.22. The lowest BCUT2D eigenvalue weighted by molar-refractivity contribution is -0.124. The lowest BCUT2D eigenvalue weighted by Gasteiger charge is -2.27. The van der Waals surface area contributed by atoms with Crippen LogP contribution in [0.5, 0.6) is 0 Å². The molecule has 3 N–H and O–H groups in total. The molecule has 1 fully saturated rings. The Hall–Kier alpha value is -2.14. The van der Waals surface area contributed by atoms with E-state index in [4.69, 9.17) is 5.73 Å². The summed E-state index contributed by atoms with van der Waals surface area (Å²) in [7, 11) is 0. The van der Waals surface area contributed by atoms with Crippen LogP contribution >= 0.6 is 0 Å². The van der Waals surface area contributed by atoms with Gasteiger partial charge in [0.15, 0.2) is 0 Å². The minimum Gasteiger partial charge on any atom is -0.368 e.